The molecule has 0 saturated heterocycles. The highest BCUT2D eigenvalue weighted by molar-refractivity contribution is 7.14. The first-order valence-corrected chi connectivity index (χ1v) is 12.9. The zero-order valence-corrected chi connectivity index (χ0v) is 22.2. The van der Waals surface area contributed by atoms with Gasteiger partial charge in [0, 0.05) is 39.6 Å². The highest BCUT2D eigenvalue weighted by Gasteiger charge is 2.23. The zero-order chi connectivity index (χ0) is 27.9. The lowest BCUT2D eigenvalue weighted by atomic mass is 10.0. The number of fused-ring (bicyclic) bond motifs is 1. The Bertz CT molecular complexity index is 1680. The lowest BCUT2D eigenvalue weighted by molar-refractivity contribution is -0.117. The average molecular weight is 537 g/mol. The molecule has 0 unspecified atom stereocenters. The van der Waals surface area contributed by atoms with E-state index in [4.69, 9.17) is 4.74 Å². The summed E-state index contributed by atoms with van der Waals surface area (Å²) in [6, 6.07) is 20.6. The predicted octanol–water partition coefficient (Wildman–Crippen LogP) is 5.42. The third-order valence-electron chi connectivity index (χ3n) is 6.03. The van der Waals surface area contributed by atoms with Crippen molar-refractivity contribution in [3.05, 3.63) is 92.8 Å². The Morgan fingerprint density at radius 2 is 1.79 bits per heavy atom. The Labute approximate surface area is 229 Å². The molecule has 8 nitrogen and oxygen atoms in total. The van der Waals surface area contributed by atoms with Crippen LogP contribution in [0.3, 0.4) is 0 Å². The fourth-order valence-electron chi connectivity index (χ4n) is 4.20. The Balaban J connectivity index is 1.62. The monoisotopic (exact) mass is 536 g/mol. The molecule has 0 saturated carbocycles. The van der Waals surface area contributed by atoms with Crippen LogP contribution in [0.25, 0.3) is 17.0 Å². The molecule has 0 aliphatic carbocycles. The average Bonchev–Trinajstić information content (AvgIpc) is 3.44. The maximum Gasteiger partial charge on any atom is 0.348 e. The van der Waals surface area contributed by atoms with E-state index in [1.165, 1.54) is 6.08 Å². The van der Waals surface area contributed by atoms with Gasteiger partial charge in [0.15, 0.2) is 5.78 Å². The predicted molar refractivity (Wildman–Crippen MR) is 149 cm³/mol. The van der Waals surface area contributed by atoms with Crippen molar-refractivity contribution in [1.29, 1.82) is 10.5 Å². The van der Waals surface area contributed by atoms with Gasteiger partial charge in [-0.1, -0.05) is 36.4 Å². The molecule has 0 aliphatic heterocycles. The zero-order valence-electron chi connectivity index (χ0n) is 21.4. The highest BCUT2D eigenvalue weighted by atomic mass is 32.1. The summed E-state index contributed by atoms with van der Waals surface area (Å²) in [5.74, 6) is -1.25. The van der Waals surface area contributed by atoms with E-state index >= 15 is 0 Å². The Morgan fingerprint density at radius 3 is 2.49 bits per heavy atom. The number of ketones is 1. The van der Waals surface area contributed by atoms with Crippen LogP contribution in [0.4, 0.5) is 5.69 Å². The molecule has 194 valence electrons. The second-order valence-electron chi connectivity index (χ2n) is 8.60. The summed E-state index contributed by atoms with van der Waals surface area (Å²) in [5.41, 5.74) is 2.68. The van der Waals surface area contributed by atoms with Gasteiger partial charge in [-0.3, -0.25) is 9.59 Å². The lowest BCUT2D eigenvalue weighted by Gasteiger charge is -2.07. The maximum atomic E-state index is 13.2. The number of para-hydroxylation sites is 2. The van der Waals surface area contributed by atoms with E-state index in [-0.39, 0.29) is 41.5 Å². The summed E-state index contributed by atoms with van der Waals surface area (Å²) in [7, 11) is 0. The minimum atomic E-state index is -0.546. The van der Waals surface area contributed by atoms with Crippen LogP contribution in [0, 0.1) is 29.6 Å². The first kappa shape index (κ1) is 27.1. The number of thiophene rings is 1. The number of nitriles is 2. The summed E-state index contributed by atoms with van der Waals surface area (Å²) in [5, 5.41) is 23.1. The Kier molecular flexibility index (Phi) is 8.35. The number of anilines is 1. The van der Waals surface area contributed by atoms with Gasteiger partial charge in [-0.05, 0) is 43.7 Å². The Hall–Kier alpha value is -4.99. The molecule has 4 aromatic rings. The van der Waals surface area contributed by atoms with Gasteiger partial charge in [0.1, 0.15) is 23.6 Å². The van der Waals surface area contributed by atoms with Crippen LogP contribution in [0.1, 0.15) is 38.2 Å². The van der Waals surface area contributed by atoms with Crippen molar-refractivity contribution in [2.45, 2.75) is 26.8 Å². The number of allylic oxidation sites excluding steroid dienone is 1. The molecule has 0 spiro atoms. The van der Waals surface area contributed by atoms with Crippen molar-refractivity contribution in [3.8, 4) is 12.1 Å². The molecule has 9 heteroatoms. The van der Waals surface area contributed by atoms with Crippen LogP contribution in [-0.4, -0.2) is 28.8 Å². The summed E-state index contributed by atoms with van der Waals surface area (Å²) in [6.45, 7) is 3.55. The first-order valence-electron chi connectivity index (χ1n) is 12.1. The van der Waals surface area contributed by atoms with E-state index in [2.05, 4.69) is 11.4 Å². The topological polar surface area (TPSA) is 125 Å². The molecule has 0 bridgehead atoms. The molecule has 2 aromatic heterocycles. The molecule has 2 heterocycles. The van der Waals surface area contributed by atoms with Crippen LogP contribution in [0.2, 0.25) is 0 Å². The number of benzene rings is 2. The fraction of sp³-hybridized carbons (Fsp3) is 0.167. The number of rotatable bonds is 9. The fourth-order valence-corrected chi connectivity index (χ4v) is 5.35. The smallest absolute Gasteiger partial charge is 0.348 e. The van der Waals surface area contributed by atoms with E-state index in [0.717, 1.165) is 22.2 Å². The van der Waals surface area contributed by atoms with Crippen LogP contribution in [0.15, 0.2) is 66.4 Å². The quantitative estimate of drug-likeness (QED) is 0.173. The number of Topliss-reactive ketones (excluding diaryl/α,β-unsaturated/α-hetero) is 1. The molecule has 1 N–H and O–H groups in total. The normalized spacial score (nSPS) is 11.0. The van der Waals surface area contributed by atoms with Crippen LogP contribution in [0.5, 0.6) is 0 Å². The van der Waals surface area contributed by atoms with Gasteiger partial charge in [-0.25, -0.2) is 4.79 Å². The van der Waals surface area contributed by atoms with E-state index in [1.807, 2.05) is 48.5 Å². The number of ether oxygens (including phenoxy) is 1. The number of nitrogens with one attached hydrogen (secondary N) is 1. The van der Waals surface area contributed by atoms with Crippen molar-refractivity contribution in [2.75, 3.05) is 11.9 Å². The van der Waals surface area contributed by atoms with E-state index in [1.54, 1.807) is 36.7 Å². The van der Waals surface area contributed by atoms with Gasteiger partial charge >= 0.3 is 5.97 Å². The Morgan fingerprint density at radius 1 is 1.08 bits per heavy atom. The molecule has 1 amide bonds. The number of nitrogens with zero attached hydrogens (tertiary/aromatic N) is 3. The minimum absolute atomic E-state index is 0.0374. The van der Waals surface area contributed by atoms with Crippen LogP contribution in [-0.2, 0) is 27.3 Å². The maximum absolute atomic E-state index is 13.2. The molecular formula is C30H24N4O4S. The largest absolute Gasteiger partial charge is 0.462 e. The molecule has 0 aliphatic rings. The summed E-state index contributed by atoms with van der Waals surface area (Å²) in [4.78, 5) is 38.8. The summed E-state index contributed by atoms with van der Waals surface area (Å²) in [6.07, 6.45) is 3.02. The van der Waals surface area contributed by atoms with E-state index in [0.29, 0.717) is 21.7 Å². The minimum Gasteiger partial charge on any atom is -0.462 e. The number of carbonyl (C=O) groups excluding carboxylic acids is 3. The second kappa shape index (κ2) is 12.0. The number of carbonyl (C=O) groups is 3. The number of aromatic nitrogens is 1. The number of amides is 1. The van der Waals surface area contributed by atoms with Crippen molar-refractivity contribution in [3.63, 3.8) is 0 Å². The number of esters is 1. The molecule has 4 rings (SSSR count). The molecule has 39 heavy (non-hydrogen) atoms. The summed E-state index contributed by atoms with van der Waals surface area (Å²) < 4.78 is 6.83. The van der Waals surface area contributed by atoms with Gasteiger partial charge < -0.3 is 14.6 Å². The number of hydrogen-bond acceptors (Lipinski definition) is 7. The molecule has 0 fully saturated rings. The van der Waals surface area contributed by atoms with Crippen molar-refractivity contribution >= 4 is 51.7 Å². The molecular weight excluding hydrogens is 512 g/mol. The van der Waals surface area contributed by atoms with Gasteiger partial charge in [0.2, 0.25) is 5.91 Å². The number of hydrogen-bond donors (Lipinski definition) is 1. The van der Waals surface area contributed by atoms with Gasteiger partial charge in [-0.15, -0.1) is 11.3 Å². The van der Waals surface area contributed by atoms with Gasteiger partial charge in [0.25, 0.3) is 0 Å². The van der Waals surface area contributed by atoms with Crippen molar-refractivity contribution in [1.82, 2.24) is 4.57 Å². The third kappa shape index (κ3) is 5.96. The highest BCUT2D eigenvalue weighted by Crippen LogP contribution is 2.30. The molecule has 0 radical (unpaired) electrons. The van der Waals surface area contributed by atoms with E-state index in [9.17, 15) is 24.9 Å². The standard InChI is InChI=1S/C30H24N4O4S/c1-3-38-30(37)29-19(2)24(16-32)27(39-29)14-26(35)20(15-31)13-21-17-34(25-12-8-7-11-23(21)25)18-28(36)33-22-9-5-4-6-10-22/h4-13,17H,3,14,18H2,1-2H3,(H,33,36)/b20-13+. The summed E-state index contributed by atoms with van der Waals surface area (Å²) >= 11 is 1.03. The molecule has 2 aromatic carbocycles. The van der Waals surface area contributed by atoms with Crippen LogP contribution >= 0.6 is 11.3 Å². The van der Waals surface area contributed by atoms with Crippen LogP contribution < -0.4 is 5.32 Å². The van der Waals surface area contributed by atoms with E-state index < -0.39 is 11.8 Å². The third-order valence-corrected chi connectivity index (χ3v) is 7.30. The SMILES string of the molecule is CCOC(=O)c1sc(CC(=O)/C(C#N)=C/c2cn(CC(=O)Nc3ccccc3)c3ccccc23)c(C#N)c1C. The lowest BCUT2D eigenvalue weighted by Crippen LogP contribution is -2.18. The molecule has 0 atom stereocenters. The van der Waals surface area contributed by atoms with Gasteiger partial charge in [0.05, 0.1) is 17.7 Å². The van der Waals surface area contributed by atoms with Gasteiger partial charge in [-0.2, -0.15) is 10.5 Å². The van der Waals surface area contributed by atoms with Crippen molar-refractivity contribution < 1.29 is 19.1 Å². The second-order valence-corrected chi connectivity index (χ2v) is 9.71. The first-order chi connectivity index (χ1) is 18.9. The van der Waals surface area contributed by atoms with Crippen molar-refractivity contribution in [2.24, 2.45) is 0 Å².